The van der Waals surface area contributed by atoms with Crippen LogP contribution in [0, 0.1) is 11.7 Å². The topological polar surface area (TPSA) is 95.3 Å². The molecular formula is C19H16FN5O2. The van der Waals surface area contributed by atoms with Crippen LogP contribution in [0.25, 0.3) is 27.7 Å². The molecule has 136 valence electrons. The molecule has 0 radical (unpaired) electrons. The van der Waals surface area contributed by atoms with Crippen LogP contribution in [0.1, 0.15) is 18.4 Å². The number of imidazole rings is 1. The van der Waals surface area contributed by atoms with Crippen LogP contribution in [0.3, 0.4) is 0 Å². The minimum atomic E-state index is -0.493. The number of H-pyrrole nitrogens is 1. The van der Waals surface area contributed by atoms with E-state index >= 15 is 0 Å². The quantitative estimate of drug-likeness (QED) is 0.518. The highest BCUT2D eigenvalue weighted by molar-refractivity contribution is 5.96. The summed E-state index contributed by atoms with van der Waals surface area (Å²) in [7, 11) is 0. The van der Waals surface area contributed by atoms with Crippen molar-refractivity contribution in [2.24, 2.45) is 5.92 Å². The number of amides is 1. The number of carbonyl (C=O) groups excluding carboxylic acids is 1. The van der Waals surface area contributed by atoms with E-state index < -0.39 is 12.4 Å². The number of aliphatic hydroxyl groups excluding tert-OH is 1. The Balaban J connectivity index is 1.62. The molecule has 4 aromatic rings. The first-order valence-corrected chi connectivity index (χ1v) is 8.69. The number of hydrogen-bond acceptors (Lipinski definition) is 4. The van der Waals surface area contributed by atoms with Gasteiger partial charge in [-0.05, 0) is 36.6 Å². The molecule has 1 aliphatic rings. The standard InChI is InChI=1S/C19H16FN5O2/c20-14-5-15-12(6-21-24-15)18(13(14)9-26)11-3-4-17-22-16(8-25(17)7-11)23-19(27)10-1-2-10/h3-8,10,26H,1-2,9H2,(H,21,24)(H,23,27). The number of aromatic nitrogens is 4. The van der Waals surface area contributed by atoms with Gasteiger partial charge < -0.3 is 14.8 Å². The van der Waals surface area contributed by atoms with Crippen molar-refractivity contribution in [3.05, 3.63) is 48.2 Å². The molecule has 1 aliphatic carbocycles. The van der Waals surface area contributed by atoms with Crippen LogP contribution < -0.4 is 5.32 Å². The number of nitrogens with zero attached hydrogens (tertiary/aromatic N) is 3. The van der Waals surface area contributed by atoms with Crippen molar-refractivity contribution in [1.29, 1.82) is 0 Å². The Bertz CT molecular complexity index is 1190. The summed E-state index contributed by atoms with van der Waals surface area (Å²) in [4.78, 5) is 16.3. The number of nitrogens with one attached hydrogen (secondary N) is 2. The fourth-order valence-corrected chi connectivity index (χ4v) is 3.36. The zero-order chi connectivity index (χ0) is 18.5. The fraction of sp³-hybridized carbons (Fsp3) is 0.211. The molecule has 27 heavy (non-hydrogen) atoms. The summed E-state index contributed by atoms with van der Waals surface area (Å²) in [6.07, 6.45) is 6.99. The number of fused-ring (bicyclic) bond motifs is 2. The summed E-state index contributed by atoms with van der Waals surface area (Å²) in [5, 5.41) is 20.0. The molecule has 1 amide bonds. The van der Waals surface area contributed by atoms with Crippen molar-refractivity contribution in [3.63, 3.8) is 0 Å². The summed E-state index contributed by atoms with van der Waals surface area (Å²) >= 11 is 0. The van der Waals surface area contributed by atoms with Crippen LogP contribution in [-0.4, -0.2) is 30.6 Å². The maximum atomic E-state index is 14.4. The van der Waals surface area contributed by atoms with Crippen LogP contribution in [0.15, 0.2) is 36.8 Å². The minimum absolute atomic E-state index is 0.00793. The first-order chi connectivity index (χ1) is 13.1. The lowest BCUT2D eigenvalue weighted by Crippen LogP contribution is -2.13. The van der Waals surface area contributed by atoms with Gasteiger partial charge in [0.25, 0.3) is 0 Å². The second kappa shape index (κ2) is 5.88. The largest absolute Gasteiger partial charge is 0.392 e. The first kappa shape index (κ1) is 16.0. The molecule has 0 bridgehead atoms. The van der Waals surface area contributed by atoms with Crippen molar-refractivity contribution in [2.75, 3.05) is 5.32 Å². The highest BCUT2D eigenvalue weighted by atomic mass is 19.1. The summed E-state index contributed by atoms with van der Waals surface area (Å²) in [6, 6.07) is 4.94. The second-order valence-corrected chi connectivity index (χ2v) is 6.77. The number of halogens is 1. The third-order valence-electron chi connectivity index (χ3n) is 4.90. The van der Waals surface area contributed by atoms with E-state index in [4.69, 9.17) is 0 Å². The molecule has 0 spiro atoms. The predicted octanol–water partition coefficient (Wildman–Crippen LogP) is 2.86. The average molecular weight is 365 g/mol. The van der Waals surface area contributed by atoms with Gasteiger partial charge in [-0.1, -0.05) is 0 Å². The third-order valence-corrected chi connectivity index (χ3v) is 4.90. The molecule has 0 unspecified atom stereocenters. The Morgan fingerprint density at radius 1 is 1.37 bits per heavy atom. The van der Waals surface area contributed by atoms with Gasteiger partial charge in [-0.15, -0.1) is 0 Å². The van der Waals surface area contributed by atoms with Crippen LogP contribution in [0.2, 0.25) is 0 Å². The van der Waals surface area contributed by atoms with E-state index in [1.807, 2.05) is 6.07 Å². The smallest absolute Gasteiger partial charge is 0.228 e. The average Bonchev–Trinajstić information content (AvgIpc) is 3.28. The van der Waals surface area contributed by atoms with Crippen LogP contribution in [0.5, 0.6) is 0 Å². The monoisotopic (exact) mass is 365 g/mol. The zero-order valence-electron chi connectivity index (χ0n) is 14.2. The number of aliphatic hydroxyl groups is 1. The van der Waals surface area contributed by atoms with Gasteiger partial charge in [0.2, 0.25) is 5.91 Å². The Hall–Kier alpha value is -3.26. The molecule has 1 fully saturated rings. The lowest BCUT2D eigenvalue weighted by atomic mass is 9.97. The summed E-state index contributed by atoms with van der Waals surface area (Å²) < 4.78 is 16.2. The van der Waals surface area contributed by atoms with Gasteiger partial charge in [0.1, 0.15) is 11.5 Å². The van der Waals surface area contributed by atoms with E-state index in [0.717, 1.165) is 23.8 Å². The third kappa shape index (κ3) is 2.65. The maximum absolute atomic E-state index is 14.4. The molecule has 1 saturated carbocycles. The molecular weight excluding hydrogens is 349 g/mol. The number of pyridine rings is 1. The molecule has 0 saturated heterocycles. The molecule has 3 heterocycles. The van der Waals surface area contributed by atoms with E-state index in [2.05, 4.69) is 20.5 Å². The summed E-state index contributed by atoms with van der Waals surface area (Å²) in [5.74, 6) is 0.0806. The number of anilines is 1. The number of rotatable bonds is 4. The number of carbonyl (C=O) groups is 1. The van der Waals surface area contributed by atoms with Crippen molar-refractivity contribution < 1.29 is 14.3 Å². The zero-order valence-corrected chi connectivity index (χ0v) is 14.2. The van der Waals surface area contributed by atoms with Crippen molar-refractivity contribution in [3.8, 4) is 11.1 Å². The van der Waals surface area contributed by atoms with Crippen molar-refractivity contribution in [2.45, 2.75) is 19.4 Å². The molecule has 0 aliphatic heterocycles. The molecule has 1 aromatic carbocycles. The lowest BCUT2D eigenvalue weighted by molar-refractivity contribution is -0.117. The minimum Gasteiger partial charge on any atom is -0.392 e. The number of hydrogen-bond donors (Lipinski definition) is 3. The van der Waals surface area contributed by atoms with E-state index in [1.54, 1.807) is 29.1 Å². The Labute approximate surface area is 152 Å². The number of aromatic amines is 1. The molecule has 3 N–H and O–H groups in total. The van der Waals surface area contributed by atoms with Gasteiger partial charge in [-0.2, -0.15) is 5.10 Å². The normalized spacial score (nSPS) is 14.1. The number of benzene rings is 1. The van der Waals surface area contributed by atoms with E-state index in [0.29, 0.717) is 22.5 Å². The van der Waals surface area contributed by atoms with Gasteiger partial charge in [0.05, 0.1) is 24.5 Å². The Kier molecular flexibility index (Phi) is 3.48. The first-order valence-electron chi connectivity index (χ1n) is 8.69. The van der Waals surface area contributed by atoms with Gasteiger partial charge in [0.15, 0.2) is 5.82 Å². The van der Waals surface area contributed by atoms with Crippen molar-refractivity contribution >= 4 is 28.3 Å². The van der Waals surface area contributed by atoms with E-state index in [9.17, 15) is 14.3 Å². The summed E-state index contributed by atoms with van der Waals surface area (Å²) in [6.45, 7) is -0.424. The maximum Gasteiger partial charge on any atom is 0.228 e. The SMILES string of the molecule is O=C(Nc1cn2cc(-c3c(CO)c(F)cc4[nH]ncc34)ccc2n1)C1CC1. The van der Waals surface area contributed by atoms with Gasteiger partial charge in [0, 0.05) is 28.6 Å². The molecule has 0 atom stereocenters. The highest BCUT2D eigenvalue weighted by Gasteiger charge is 2.30. The van der Waals surface area contributed by atoms with Crippen molar-refractivity contribution in [1.82, 2.24) is 19.6 Å². The highest BCUT2D eigenvalue weighted by Crippen LogP contribution is 2.34. The predicted molar refractivity (Wildman–Crippen MR) is 97.5 cm³/mol. The van der Waals surface area contributed by atoms with E-state index in [1.165, 1.54) is 6.07 Å². The fourth-order valence-electron chi connectivity index (χ4n) is 3.36. The van der Waals surface area contributed by atoms with Gasteiger partial charge >= 0.3 is 0 Å². The van der Waals surface area contributed by atoms with Gasteiger partial charge in [-0.25, -0.2) is 9.37 Å². The van der Waals surface area contributed by atoms with Crippen LogP contribution in [0.4, 0.5) is 10.2 Å². The lowest BCUT2D eigenvalue weighted by Gasteiger charge is -2.11. The van der Waals surface area contributed by atoms with Gasteiger partial charge in [-0.3, -0.25) is 9.89 Å². The Morgan fingerprint density at radius 2 is 2.22 bits per heavy atom. The summed E-state index contributed by atoms with van der Waals surface area (Å²) in [5.41, 5.74) is 2.74. The van der Waals surface area contributed by atoms with E-state index in [-0.39, 0.29) is 17.4 Å². The Morgan fingerprint density at radius 3 is 3.00 bits per heavy atom. The van der Waals surface area contributed by atoms with Crippen LogP contribution in [-0.2, 0) is 11.4 Å². The van der Waals surface area contributed by atoms with Crippen LogP contribution >= 0.6 is 0 Å². The molecule has 8 heteroatoms. The molecule has 7 nitrogen and oxygen atoms in total. The molecule has 5 rings (SSSR count). The molecule has 3 aromatic heterocycles. The second-order valence-electron chi connectivity index (χ2n) is 6.77.